The molecule has 0 saturated carbocycles. The van der Waals surface area contributed by atoms with Crippen molar-refractivity contribution in [1.82, 2.24) is 4.90 Å². The normalized spacial score (nSPS) is 28.3. The van der Waals surface area contributed by atoms with Crippen molar-refractivity contribution in [2.24, 2.45) is 0 Å². The molecule has 2 aliphatic heterocycles. The molecule has 158 valence electrons. The number of hydrogen-bond donors (Lipinski definition) is 1. The van der Waals surface area contributed by atoms with Crippen LogP contribution in [-0.4, -0.2) is 79.5 Å². The average molecular weight is 388 g/mol. The third kappa shape index (κ3) is 7.22. The van der Waals surface area contributed by atoms with Gasteiger partial charge in [0, 0.05) is 25.8 Å². The molecule has 2 aliphatic rings. The van der Waals surface area contributed by atoms with Crippen LogP contribution in [0, 0.1) is 0 Å². The SMILES string of the molecule is COCCOCCOCCC1(O)CC2CCCC(C1)N2C(=O)OC(C)(C)C. The molecular weight excluding hydrogens is 350 g/mol. The second-order valence-electron chi connectivity index (χ2n) is 8.73. The third-order valence-corrected chi connectivity index (χ3v) is 5.21. The fourth-order valence-electron chi connectivity index (χ4n) is 4.07. The number of methoxy groups -OCH3 is 1. The van der Waals surface area contributed by atoms with Gasteiger partial charge in [-0.15, -0.1) is 0 Å². The lowest BCUT2D eigenvalue weighted by atomic mass is 9.74. The largest absolute Gasteiger partial charge is 0.444 e. The number of piperidine rings is 2. The van der Waals surface area contributed by atoms with E-state index in [1.165, 1.54) is 0 Å². The predicted molar refractivity (Wildman–Crippen MR) is 102 cm³/mol. The average Bonchev–Trinajstić information content (AvgIpc) is 2.55. The number of ether oxygens (including phenoxy) is 4. The number of carbonyl (C=O) groups excluding carboxylic acids is 1. The highest BCUT2D eigenvalue weighted by Gasteiger charge is 2.48. The molecular formula is C20H37NO6. The number of rotatable bonds is 9. The maximum Gasteiger partial charge on any atom is 0.410 e. The summed E-state index contributed by atoms with van der Waals surface area (Å²) in [4.78, 5) is 14.5. The van der Waals surface area contributed by atoms with E-state index in [2.05, 4.69) is 0 Å². The van der Waals surface area contributed by atoms with E-state index in [4.69, 9.17) is 18.9 Å². The molecule has 2 atom stereocenters. The highest BCUT2D eigenvalue weighted by molar-refractivity contribution is 5.69. The van der Waals surface area contributed by atoms with Crippen LogP contribution >= 0.6 is 0 Å². The Labute approximate surface area is 163 Å². The Hall–Kier alpha value is -0.890. The molecule has 2 bridgehead atoms. The van der Waals surface area contributed by atoms with Crippen LogP contribution in [0.2, 0.25) is 0 Å². The van der Waals surface area contributed by atoms with Crippen molar-refractivity contribution in [3.8, 4) is 0 Å². The molecule has 0 aromatic heterocycles. The summed E-state index contributed by atoms with van der Waals surface area (Å²) in [6, 6.07) is 0.101. The maximum atomic E-state index is 12.6. The molecule has 1 N–H and O–H groups in total. The van der Waals surface area contributed by atoms with Gasteiger partial charge in [0.15, 0.2) is 0 Å². The van der Waals surface area contributed by atoms with Crippen LogP contribution < -0.4 is 0 Å². The molecule has 0 radical (unpaired) electrons. The van der Waals surface area contributed by atoms with Crippen LogP contribution in [0.1, 0.15) is 59.3 Å². The Morgan fingerprint density at radius 2 is 1.59 bits per heavy atom. The van der Waals surface area contributed by atoms with Crippen molar-refractivity contribution in [1.29, 1.82) is 0 Å². The summed E-state index contributed by atoms with van der Waals surface area (Å²) in [5.74, 6) is 0. The van der Waals surface area contributed by atoms with Crippen molar-refractivity contribution in [3.05, 3.63) is 0 Å². The second kappa shape index (κ2) is 10.0. The predicted octanol–water partition coefficient (Wildman–Crippen LogP) is 2.74. The smallest absolute Gasteiger partial charge is 0.410 e. The van der Waals surface area contributed by atoms with E-state index in [0.29, 0.717) is 52.3 Å². The zero-order chi connectivity index (χ0) is 19.9. The Morgan fingerprint density at radius 3 is 2.15 bits per heavy atom. The van der Waals surface area contributed by atoms with Gasteiger partial charge < -0.3 is 29.0 Å². The van der Waals surface area contributed by atoms with Gasteiger partial charge in [-0.2, -0.15) is 0 Å². The first kappa shape index (κ1) is 22.4. The van der Waals surface area contributed by atoms with Crippen LogP contribution in [0.25, 0.3) is 0 Å². The van der Waals surface area contributed by atoms with Gasteiger partial charge in [0.25, 0.3) is 0 Å². The Kier molecular flexibility index (Phi) is 8.34. The molecule has 7 nitrogen and oxygen atoms in total. The second-order valence-corrected chi connectivity index (χ2v) is 8.73. The summed E-state index contributed by atoms with van der Waals surface area (Å²) < 4.78 is 21.5. The highest BCUT2D eigenvalue weighted by Crippen LogP contribution is 2.41. The molecule has 0 aromatic carbocycles. The minimum atomic E-state index is -0.773. The molecule has 2 rings (SSSR count). The number of carbonyl (C=O) groups is 1. The molecule has 0 aromatic rings. The fraction of sp³-hybridized carbons (Fsp3) is 0.950. The summed E-state index contributed by atoms with van der Waals surface area (Å²) >= 11 is 0. The van der Waals surface area contributed by atoms with Crippen LogP contribution in [0.4, 0.5) is 4.79 Å². The first-order valence-electron chi connectivity index (χ1n) is 10.1. The van der Waals surface area contributed by atoms with E-state index in [9.17, 15) is 9.90 Å². The third-order valence-electron chi connectivity index (χ3n) is 5.21. The van der Waals surface area contributed by atoms with Gasteiger partial charge in [-0.25, -0.2) is 4.79 Å². The zero-order valence-electron chi connectivity index (χ0n) is 17.4. The zero-order valence-corrected chi connectivity index (χ0v) is 17.4. The number of hydrogen-bond acceptors (Lipinski definition) is 6. The monoisotopic (exact) mass is 387 g/mol. The van der Waals surface area contributed by atoms with Gasteiger partial charge >= 0.3 is 6.09 Å². The molecule has 0 spiro atoms. The summed E-state index contributed by atoms with van der Waals surface area (Å²) in [5.41, 5.74) is -1.27. The van der Waals surface area contributed by atoms with Gasteiger partial charge in [0.05, 0.1) is 32.0 Å². The molecule has 1 amide bonds. The Morgan fingerprint density at radius 1 is 1.04 bits per heavy atom. The van der Waals surface area contributed by atoms with Crippen LogP contribution in [0.3, 0.4) is 0 Å². The van der Waals surface area contributed by atoms with E-state index in [0.717, 1.165) is 19.3 Å². The fourth-order valence-corrected chi connectivity index (χ4v) is 4.07. The van der Waals surface area contributed by atoms with E-state index in [1.54, 1.807) is 7.11 Å². The number of amides is 1. The van der Waals surface area contributed by atoms with Crippen molar-refractivity contribution < 1.29 is 28.8 Å². The lowest BCUT2D eigenvalue weighted by Crippen LogP contribution is -2.60. The van der Waals surface area contributed by atoms with Crippen molar-refractivity contribution in [2.45, 2.75) is 82.6 Å². The summed E-state index contributed by atoms with van der Waals surface area (Å²) in [6.07, 6.45) is 4.47. The Bertz CT molecular complexity index is 450. The van der Waals surface area contributed by atoms with E-state index >= 15 is 0 Å². The molecule has 0 aliphatic carbocycles. The lowest BCUT2D eigenvalue weighted by molar-refractivity contribution is -0.104. The van der Waals surface area contributed by atoms with Crippen molar-refractivity contribution in [3.63, 3.8) is 0 Å². The first-order valence-corrected chi connectivity index (χ1v) is 10.1. The summed E-state index contributed by atoms with van der Waals surface area (Å²) in [6.45, 7) is 8.34. The van der Waals surface area contributed by atoms with Gasteiger partial charge in [-0.05, 0) is 59.3 Å². The van der Waals surface area contributed by atoms with Gasteiger partial charge in [-0.1, -0.05) is 0 Å². The highest BCUT2D eigenvalue weighted by atomic mass is 16.6. The van der Waals surface area contributed by atoms with Gasteiger partial charge in [-0.3, -0.25) is 0 Å². The van der Waals surface area contributed by atoms with E-state index < -0.39 is 11.2 Å². The standard InChI is InChI=1S/C20H37NO6/c1-19(2,3)27-18(22)21-16-6-5-7-17(21)15-20(23,14-16)8-9-25-12-13-26-11-10-24-4/h16-17,23H,5-15H2,1-4H3. The molecule has 27 heavy (non-hydrogen) atoms. The van der Waals surface area contributed by atoms with Crippen LogP contribution in [0.5, 0.6) is 0 Å². The Balaban J connectivity index is 1.78. The number of nitrogens with zero attached hydrogens (tertiary/aromatic N) is 1. The number of fused-ring (bicyclic) bond motifs is 2. The van der Waals surface area contributed by atoms with Crippen molar-refractivity contribution in [2.75, 3.05) is 40.1 Å². The molecule has 2 saturated heterocycles. The topological polar surface area (TPSA) is 77.5 Å². The molecule has 2 fully saturated rings. The minimum absolute atomic E-state index is 0.0507. The molecule has 2 unspecified atom stereocenters. The molecule has 7 heteroatoms. The van der Waals surface area contributed by atoms with Gasteiger partial charge in [0.1, 0.15) is 5.60 Å². The molecule has 2 heterocycles. The van der Waals surface area contributed by atoms with Crippen molar-refractivity contribution >= 4 is 6.09 Å². The number of aliphatic hydroxyl groups is 1. The minimum Gasteiger partial charge on any atom is -0.444 e. The van der Waals surface area contributed by atoms with E-state index in [1.807, 2.05) is 25.7 Å². The lowest BCUT2D eigenvalue weighted by Gasteiger charge is -2.51. The van der Waals surface area contributed by atoms with Gasteiger partial charge in [0.2, 0.25) is 0 Å². The maximum absolute atomic E-state index is 12.6. The first-order chi connectivity index (χ1) is 12.7. The summed E-state index contributed by atoms with van der Waals surface area (Å²) in [7, 11) is 1.64. The quantitative estimate of drug-likeness (QED) is 0.613. The van der Waals surface area contributed by atoms with E-state index in [-0.39, 0.29) is 18.2 Å². The summed E-state index contributed by atoms with van der Waals surface area (Å²) in [5, 5.41) is 11.1. The van der Waals surface area contributed by atoms with Crippen LogP contribution in [-0.2, 0) is 18.9 Å². The van der Waals surface area contributed by atoms with Crippen LogP contribution in [0.15, 0.2) is 0 Å².